The molecule has 1 heterocycles. The van der Waals surface area contributed by atoms with E-state index in [1.165, 1.54) is 19.2 Å². The van der Waals surface area contributed by atoms with Crippen molar-refractivity contribution in [3.8, 4) is 5.75 Å². The summed E-state index contributed by atoms with van der Waals surface area (Å²) in [5.41, 5.74) is -0.525. The van der Waals surface area contributed by atoms with Crippen LogP contribution in [0.3, 0.4) is 0 Å². The van der Waals surface area contributed by atoms with Crippen molar-refractivity contribution >= 4 is 0 Å². The van der Waals surface area contributed by atoms with Gasteiger partial charge in [-0.2, -0.15) is 13.2 Å². The third kappa shape index (κ3) is 2.14. The van der Waals surface area contributed by atoms with E-state index in [4.69, 9.17) is 5.11 Å². The van der Waals surface area contributed by atoms with Crippen molar-refractivity contribution in [1.82, 2.24) is 4.98 Å². The van der Waals surface area contributed by atoms with E-state index in [0.29, 0.717) is 0 Å². The summed E-state index contributed by atoms with van der Waals surface area (Å²) in [5.74, 6) is -0.0858. The third-order valence-corrected chi connectivity index (χ3v) is 1.59. The van der Waals surface area contributed by atoms with Crippen LogP contribution in [-0.4, -0.2) is 23.4 Å². The molecule has 1 rings (SSSR count). The number of aliphatic hydroxyl groups excluding tert-OH is 1. The molecule has 0 aliphatic carbocycles. The molecule has 0 amide bonds. The molecule has 0 saturated carbocycles. The minimum absolute atomic E-state index is 0.0858. The Hall–Kier alpha value is -1.30. The average Bonchev–Trinajstić information content (AvgIpc) is 2.15. The molecule has 1 aromatic rings. The first-order valence-corrected chi connectivity index (χ1v) is 3.70. The highest BCUT2D eigenvalue weighted by molar-refractivity contribution is 5.29. The number of hydrogen-bond acceptors (Lipinski definition) is 3. The summed E-state index contributed by atoms with van der Waals surface area (Å²) in [5, 5.41) is 8.90. The van der Waals surface area contributed by atoms with Crippen LogP contribution in [0, 0.1) is 0 Å². The van der Waals surface area contributed by atoms with Gasteiger partial charge in [-0.25, -0.2) is 0 Å². The van der Waals surface area contributed by atoms with Gasteiger partial charge in [-0.3, -0.25) is 4.98 Å². The maximum absolute atomic E-state index is 12.1. The molecule has 78 valence electrons. The predicted octanol–water partition coefficient (Wildman–Crippen LogP) is 1.69. The summed E-state index contributed by atoms with van der Waals surface area (Å²) in [7, 11) is 1.21. The molecule has 0 aromatic carbocycles. The number of aromatic nitrogens is 1. The Morgan fingerprint density at radius 2 is 2.14 bits per heavy atom. The molecule has 0 unspecified atom stereocenters. The van der Waals surface area contributed by atoms with E-state index >= 15 is 0 Å². The fourth-order valence-electron chi connectivity index (χ4n) is 0.936. The van der Waals surface area contributed by atoms with E-state index in [2.05, 4.69) is 9.72 Å². The van der Waals surface area contributed by atoms with Crippen LogP contribution >= 0.6 is 0 Å². The van der Waals surface area contributed by atoms with Crippen LogP contribution in [0.15, 0.2) is 18.3 Å². The van der Waals surface area contributed by atoms with Gasteiger partial charge in [0.2, 0.25) is 0 Å². The zero-order chi connectivity index (χ0) is 10.8. The highest BCUT2D eigenvalue weighted by Crippen LogP contribution is 2.35. The minimum Gasteiger partial charge on any atom is -0.495 e. The van der Waals surface area contributed by atoms with Gasteiger partial charge in [0, 0.05) is 6.20 Å². The van der Waals surface area contributed by atoms with Crippen molar-refractivity contribution in [3.05, 3.63) is 24.0 Å². The summed E-state index contributed by atoms with van der Waals surface area (Å²) >= 11 is 0. The lowest BCUT2D eigenvalue weighted by molar-refractivity contribution is -0.208. The second kappa shape index (κ2) is 3.83. The molecule has 6 heteroatoms. The number of rotatable bonds is 2. The van der Waals surface area contributed by atoms with Crippen molar-refractivity contribution in [1.29, 1.82) is 0 Å². The number of hydrogen-bond donors (Lipinski definition) is 1. The zero-order valence-corrected chi connectivity index (χ0v) is 7.25. The Balaban J connectivity index is 3.06. The summed E-state index contributed by atoms with van der Waals surface area (Å²) in [6.45, 7) is 0. The van der Waals surface area contributed by atoms with Crippen LogP contribution < -0.4 is 4.74 Å². The van der Waals surface area contributed by atoms with Crippen LogP contribution in [0.1, 0.15) is 11.8 Å². The molecule has 0 saturated heterocycles. The second-order valence-corrected chi connectivity index (χ2v) is 2.54. The summed E-state index contributed by atoms with van der Waals surface area (Å²) in [4.78, 5) is 3.42. The highest BCUT2D eigenvalue weighted by Gasteiger charge is 2.41. The van der Waals surface area contributed by atoms with Crippen molar-refractivity contribution in [2.24, 2.45) is 0 Å². The van der Waals surface area contributed by atoms with Gasteiger partial charge in [-0.05, 0) is 12.1 Å². The van der Waals surface area contributed by atoms with Crippen LogP contribution in [0.25, 0.3) is 0 Å². The van der Waals surface area contributed by atoms with E-state index in [-0.39, 0.29) is 5.75 Å². The first-order chi connectivity index (χ1) is 6.46. The van der Waals surface area contributed by atoms with Gasteiger partial charge in [0.15, 0.2) is 6.10 Å². The number of halogens is 3. The van der Waals surface area contributed by atoms with Crippen molar-refractivity contribution in [2.75, 3.05) is 7.11 Å². The van der Waals surface area contributed by atoms with Gasteiger partial charge < -0.3 is 9.84 Å². The zero-order valence-electron chi connectivity index (χ0n) is 7.25. The molecule has 0 radical (unpaired) electrons. The van der Waals surface area contributed by atoms with E-state index in [1.54, 1.807) is 0 Å². The Labute approximate surface area is 78.2 Å². The van der Waals surface area contributed by atoms with Crippen LogP contribution in [0.5, 0.6) is 5.75 Å². The molecule has 0 aliphatic heterocycles. The Morgan fingerprint density at radius 3 is 2.64 bits per heavy atom. The third-order valence-electron chi connectivity index (χ3n) is 1.59. The lowest BCUT2D eigenvalue weighted by Gasteiger charge is -2.15. The molecule has 1 N–H and O–H groups in total. The molecule has 0 spiro atoms. The Kier molecular flexibility index (Phi) is 2.95. The first-order valence-electron chi connectivity index (χ1n) is 3.70. The smallest absolute Gasteiger partial charge is 0.420 e. The number of methoxy groups -OCH3 is 1. The number of alkyl halides is 3. The van der Waals surface area contributed by atoms with Gasteiger partial charge in [0.05, 0.1) is 7.11 Å². The number of pyridine rings is 1. The summed E-state index contributed by atoms with van der Waals surface area (Å²) in [6, 6.07) is 2.72. The van der Waals surface area contributed by atoms with E-state index in [1.807, 2.05) is 0 Å². The molecule has 0 bridgehead atoms. The van der Waals surface area contributed by atoms with Crippen molar-refractivity contribution < 1.29 is 23.0 Å². The summed E-state index contributed by atoms with van der Waals surface area (Å²) < 4.78 is 41.0. The number of aliphatic hydroxyl groups is 1. The van der Waals surface area contributed by atoms with Crippen LogP contribution in [0.4, 0.5) is 13.2 Å². The van der Waals surface area contributed by atoms with Crippen LogP contribution in [-0.2, 0) is 0 Å². The second-order valence-electron chi connectivity index (χ2n) is 2.54. The van der Waals surface area contributed by atoms with Gasteiger partial charge >= 0.3 is 6.18 Å². The average molecular weight is 207 g/mol. The molecule has 3 nitrogen and oxygen atoms in total. The van der Waals surface area contributed by atoms with E-state index in [9.17, 15) is 13.2 Å². The standard InChI is InChI=1S/C8H8F3NO2/c1-14-5-3-2-4-12-6(5)7(13)8(9,10)11/h2-4,7,13H,1H3/t7-/m1/s1. The normalized spacial score (nSPS) is 13.8. The predicted molar refractivity (Wildman–Crippen MR) is 41.8 cm³/mol. The monoisotopic (exact) mass is 207 g/mol. The molecular formula is C8H8F3NO2. The van der Waals surface area contributed by atoms with Gasteiger partial charge in [0.1, 0.15) is 11.4 Å². The molecule has 1 aromatic heterocycles. The lowest BCUT2D eigenvalue weighted by Crippen LogP contribution is -2.21. The first kappa shape index (κ1) is 10.8. The quantitative estimate of drug-likeness (QED) is 0.802. The van der Waals surface area contributed by atoms with Crippen molar-refractivity contribution in [3.63, 3.8) is 0 Å². The number of nitrogens with zero attached hydrogens (tertiary/aromatic N) is 1. The SMILES string of the molecule is COc1cccnc1[C@@H](O)C(F)(F)F. The molecule has 14 heavy (non-hydrogen) atoms. The Morgan fingerprint density at radius 1 is 1.50 bits per heavy atom. The lowest BCUT2D eigenvalue weighted by atomic mass is 10.2. The largest absolute Gasteiger partial charge is 0.495 e. The van der Waals surface area contributed by atoms with Gasteiger partial charge in [-0.1, -0.05) is 0 Å². The highest BCUT2D eigenvalue weighted by atomic mass is 19.4. The maximum atomic E-state index is 12.1. The van der Waals surface area contributed by atoms with E-state index in [0.717, 1.165) is 6.20 Å². The fraction of sp³-hybridized carbons (Fsp3) is 0.375. The number of ether oxygens (including phenoxy) is 1. The Bertz CT molecular complexity index is 314. The maximum Gasteiger partial charge on any atom is 0.420 e. The van der Waals surface area contributed by atoms with Crippen LogP contribution in [0.2, 0.25) is 0 Å². The van der Waals surface area contributed by atoms with E-state index < -0.39 is 18.0 Å². The van der Waals surface area contributed by atoms with Gasteiger partial charge in [-0.15, -0.1) is 0 Å². The molecule has 0 aliphatic rings. The van der Waals surface area contributed by atoms with Crippen molar-refractivity contribution in [2.45, 2.75) is 12.3 Å². The fourth-order valence-corrected chi connectivity index (χ4v) is 0.936. The molecule has 1 atom stereocenters. The minimum atomic E-state index is -4.73. The molecule has 0 fully saturated rings. The topological polar surface area (TPSA) is 42.4 Å². The molecular weight excluding hydrogens is 199 g/mol. The van der Waals surface area contributed by atoms with Gasteiger partial charge in [0.25, 0.3) is 0 Å². The summed E-state index contributed by atoms with van der Waals surface area (Å²) in [6.07, 6.45) is -6.19.